The lowest BCUT2D eigenvalue weighted by Crippen LogP contribution is -2.36. The second-order valence-electron chi connectivity index (χ2n) is 8.44. The van der Waals surface area contributed by atoms with Crippen LogP contribution in [0.2, 0.25) is 5.02 Å². The molecule has 1 fully saturated rings. The Kier molecular flexibility index (Phi) is 6.55. The SMILES string of the molecule is CC(C)[C@@H](NC(=O)c1cc(S(=O)(=O)N2CCCCC2)ccc1Cl)c1nc2ccccc2[nH]1. The Labute approximate surface area is 193 Å². The average Bonchev–Trinajstić information content (AvgIpc) is 3.21. The molecule has 0 saturated carbocycles. The number of rotatable bonds is 6. The zero-order valence-corrected chi connectivity index (χ0v) is 19.7. The third-order valence-corrected chi connectivity index (χ3v) is 8.02. The van der Waals surface area contributed by atoms with E-state index in [0.717, 1.165) is 30.3 Å². The zero-order chi connectivity index (χ0) is 22.9. The third-order valence-electron chi connectivity index (χ3n) is 5.79. The van der Waals surface area contributed by atoms with Crippen molar-refractivity contribution in [3.8, 4) is 0 Å². The number of aromatic nitrogens is 2. The van der Waals surface area contributed by atoms with Gasteiger partial charge >= 0.3 is 0 Å². The highest BCUT2D eigenvalue weighted by molar-refractivity contribution is 7.89. The number of sulfonamides is 1. The largest absolute Gasteiger partial charge is 0.342 e. The number of fused-ring (bicyclic) bond motifs is 1. The average molecular weight is 475 g/mol. The zero-order valence-electron chi connectivity index (χ0n) is 18.1. The highest BCUT2D eigenvalue weighted by Crippen LogP contribution is 2.27. The summed E-state index contributed by atoms with van der Waals surface area (Å²) in [5.41, 5.74) is 1.83. The summed E-state index contributed by atoms with van der Waals surface area (Å²) >= 11 is 6.31. The Morgan fingerprint density at radius 3 is 2.53 bits per heavy atom. The molecule has 9 heteroatoms. The van der Waals surface area contributed by atoms with Gasteiger partial charge in [0.05, 0.1) is 32.6 Å². The normalized spacial score (nSPS) is 16.4. The van der Waals surface area contributed by atoms with E-state index in [4.69, 9.17) is 11.6 Å². The van der Waals surface area contributed by atoms with Crippen molar-refractivity contribution in [3.63, 3.8) is 0 Å². The van der Waals surface area contributed by atoms with Gasteiger partial charge in [-0.3, -0.25) is 4.79 Å². The molecule has 1 saturated heterocycles. The van der Waals surface area contributed by atoms with Crippen LogP contribution in [-0.4, -0.2) is 41.7 Å². The summed E-state index contributed by atoms with van der Waals surface area (Å²) in [4.78, 5) is 21.1. The third kappa shape index (κ3) is 4.53. The second-order valence-corrected chi connectivity index (χ2v) is 10.8. The fourth-order valence-corrected chi connectivity index (χ4v) is 5.73. The van der Waals surface area contributed by atoms with E-state index in [1.54, 1.807) is 0 Å². The molecule has 2 N–H and O–H groups in total. The predicted molar refractivity (Wildman–Crippen MR) is 125 cm³/mol. The van der Waals surface area contributed by atoms with Gasteiger partial charge in [0.1, 0.15) is 5.82 Å². The molecule has 32 heavy (non-hydrogen) atoms. The fraction of sp³-hybridized carbons (Fsp3) is 0.391. The van der Waals surface area contributed by atoms with Gasteiger partial charge in [0.2, 0.25) is 10.0 Å². The number of hydrogen-bond acceptors (Lipinski definition) is 4. The number of hydrogen-bond donors (Lipinski definition) is 2. The fourth-order valence-electron chi connectivity index (χ4n) is 3.98. The number of H-pyrrole nitrogens is 1. The number of benzene rings is 2. The molecule has 0 bridgehead atoms. The Morgan fingerprint density at radius 2 is 1.84 bits per heavy atom. The van der Waals surface area contributed by atoms with Gasteiger partial charge in [-0.2, -0.15) is 4.31 Å². The van der Waals surface area contributed by atoms with Gasteiger partial charge in [-0.25, -0.2) is 13.4 Å². The van der Waals surface area contributed by atoms with Crippen LogP contribution in [0.5, 0.6) is 0 Å². The molecule has 2 heterocycles. The van der Waals surface area contributed by atoms with Crippen LogP contribution in [0.4, 0.5) is 0 Å². The van der Waals surface area contributed by atoms with Gasteiger partial charge in [0.15, 0.2) is 0 Å². The van der Waals surface area contributed by atoms with Crippen molar-refractivity contribution in [1.82, 2.24) is 19.6 Å². The van der Waals surface area contributed by atoms with E-state index >= 15 is 0 Å². The molecular formula is C23H27ClN4O3S. The molecular weight excluding hydrogens is 448 g/mol. The van der Waals surface area contributed by atoms with E-state index in [2.05, 4.69) is 15.3 Å². The smallest absolute Gasteiger partial charge is 0.253 e. The van der Waals surface area contributed by atoms with Crippen LogP contribution in [0.15, 0.2) is 47.4 Å². The number of carbonyl (C=O) groups excluding carboxylic acids is 1. The molecule has 1 amide bonds. The van der Waals surface area contributed by atoms with Gasteiger partial charge in [-0.15, -0.1) is 0 Å². The lowest BCUT2D eigenvalue weighted by atomic mass is 10.0. The van der Waals surface area contributed by atoms with Crippen molar-refractivity contribution in [2.45, 2.75) is 44.0 Å². The predicted octanol–water partition coefficient (Wildman–Crippen LogP) is 4.52. The number of amides is 1. The number of halogens is 1. The first kappa shape index (κ1) is 22.8. The molecule has 170 valence electrons. The van der Waals surface area contributed by atoms with Crippen molar-refractivity contribution in [3.05, 3.63) is 58.9 Å². The van der Waals surface area contributed by atoms with Gasteiger partial charge < -0.3 is 10.3 Å². The summed E-state index contributed by atoms with van der Waals surface area (Å²) in [6.07, 6.45) is 2.71. The Morgan fingerprint density at radius 1 is 1.12 bits per heavy atom. The van der Waals surface area contributed by atoms with E-state index < -0.39 is 22.0 Å². The first-order chi connectivity index (χ1) is 15.3. The number of piperidine rings is 1. The minimum absolute atomic E-state index is 0.0403. The standard InChI is InChI=1S/C23H27ClN4O3S/c1-15(2)21(22-25-19-8-4-5-9-20(19)26-22)27-23(29)17-14-16(10-11-18(17)24)32(30,31)28-12-6-3-7-13-28/h4-5,8-11,14-15,21H,3,6-7,12-13H2,1-2H3,(H,25,26)(H,27,29)/t21-/m1/s1. The van der Waals surface area contributed by atoms with E-state index in [-0.39, 0.29) is 21.4 Å². The molecule has 2 aromatic carbocycles. The van der Waals surface area contributed by atoms with Crippen molar-refractivity contribution >= 4 is 38.6 Å². The van der Waals surface area contributed by atoms with E-state index in [1.807, 2.05) is 38.1 Å². The summed E-state index contributed by atoms with van der Waals surface area (Å²) in [5, 5.41) is 3.18. The van der Waals surface area contributed by atoms with Crippen molar-refractivity contribution in [2.24, 2.45) is 5.92 Å². The van der Waals surface area contributed by atoms with Gasteiger partial charge in [0, 0.05) is 13.1 Å². The van der Waals surface area contributed by atoms with Crippen molar-refractivity contribution in [1.29, 1.82) is 0 Å². The molecule has 1 aliphatic heterocycles. The molecule has 0 unspecified atom stereocenters. The lowest BCUT2D eigenvalue weighted by molar-refractivity contribution is 0.0923. The summed E-state index contributed by atoms with van der Waals surface area (Å²) < 4.78 is 27.6. The summed E-state index contributed by atoms with van der Waals surface area (Å²) in [5.74, 6) is 0.242. The molecule has 1 aromatic heterocycles. The molecule has 0 radical (unpaired) electrons. The molecule has 1 atom stereocenters. The maximum Gasteiger partial charge on any atom is 0.253 e. The van der Waals surface area contributed by atoms with Gasteiger partial charge in [-0.1, -0.05) is 44.0 Å². The quantitative estimate of drug-likeness (QED) is 0.549. The summed E-state index contributed by atoms with van der Waals surface area (Å²) in [6, 6.07) is 11.6. The monoisotopic (exact) mass is 474 g/mol. The molecule has 7 nitrogen and oxygen atoms in total. The minimum atomic E-state index is -3.67. The highest BCUT2D eigenvalue weighted by atomic mass is 35.5. The molecule has 1 aliphatic rings. The van der Waals surface area contributed by atoms with E-state index in [0.29, 0.717) is 18.9 Å². The molecule has 0 aliphatic carbocycles. The second kappa shape index (κ2) is 9.21. The molecule has 4 rings (SSSR count). The Bertz CT molecular complexity index is 1200. The summed E-state index contributed by atoms with van der Waals surface area (Å²) in [6.45, 7) is 4.95. The van der Waals surface area contributed by atoms with Crippen LogP contribution in [0.3, 0.4) is 0 Å². The number of carbonyl (C=O) groups is 1. The topological polar surface area (TPSA) is 95.2 Å². The highest BCUT2D eigenvalue weighted by Gasteiger charge is 2.28. The molecule has 0 spiro atoms. The number of nitrogens with zero attached hydrogens (tertiary/aromatic N) is 2. The Hall–Kier alpha value is -2.42. The van der Waals surface area contributed by atoms with Crippen LogP contribution in [0, 0.1) is 5.92 Å². The van der Waals surface area contributed by atoms with Crippen LogP contribution in [-0.2, 0) is 10.0 Å². The first-order valence-electron chi connectivity index (χ1n) is 10.8. The summed E-state index contributed by atoms with van der Waals surface area (Å²) in [7, 11) is -3.67. The molecule has 3 aromatic rings. The van der Waals surface area contributed by atoms with Crippen LogP contribution in [0.1, 0.15) is 55.3 Å². The number of aromatic amines is 1. The van der Waals surface area contributed by atoms with E-state index in [9.17, 15) is 13.2 Å². The van der Waals surface area contributed by atoms with Crippen molar-refractivity contribution < 1.29 is 13.2 Å². The van der Waals surface area contributed by atoms with Crippen LogP contribution < -0.4 is 5.32 Å². The van der Waals surface area contributed by atoms with Gasteiger partial charge in [0.25, 0.3) is 5.91 Å². The van der Waals surface area contributed by atoms with Crippen molar-refractivity contribution in [2.75, 3.05) is 13.1 Å². The van der Waals surface area contributed by atoms with Crippen LogP contribution in [0.25, 0.3) is 11.0 Å². The maximum absolute atomic E-state index is 13.2. The van der Waals surface area contributed by atoms with Crippen LogP contribution >= 0.6 is 11.6 Å². The van der Waals surface area contributed by atoms with Gasteiger partial charge in [-0.05, 0) is 49.1 Å². The van der Waals surface area contributed by atoms with E-state index in [1.165, 1.54) is 22.5 Å². The number of nitrogens with one attached hydrogen (secondary N) is 2. The minimum Gasteiger partial charge on any atom is -0.342 e. The Balaban J connectivity index is 1.62. The first-order valence-corrected chi connectivity index (χ1v) is 12.6. The maximum atomic E-state index is 13.2. The number of para-hydroxylation sites is 2. The number of imidazole rings is 1. The lowest BCUT2D eigenvalue weighted by Gasteiger charge is -2.26.